The van der Waals surface area contributed by atoms with Crippen molar-refractivity contribution < 1.29 is 27.8 Å². The lowest BCUT2D eigenvalue weighted by atomic mass is 9.99. The van der Waals surface area contributed by atoms with Crippen LogP contribution in [-0.2, 0) is 24.3 Å². The summed E-state index contributed by atoms with van der Waals surface area (Å²) in [4.78, 5) is 15.4. The number of benzene rings is 2. The van der Waals surface area contributed by atoms with Gasteiger partial charge in [0.1, 0.15) is 11.4 Å². The zero-order valence-corrected chi connectivity index (χ0v) is 19.2. The van der Waals surface area contributed by atoms with E-state index in [2.05, 4.69) is 44.1 Å². The molecule has 1 aromatic heterocycles. The van der Waals surface area contributed by atoms with Crippen molar-refractivity contribution in [1.82, 2.24) is 15.1 Å². The number of alkyl halides is 3. The van der Waals surface area contributed by atoms with Crippen molar-refractivity contribution in [2.45, 2.75) is 25.7 Å². The number of H-pyrrole nitrogens is 1. The molecule has 34 heavy (non-hydrogen) atoms. The molecule has 7 nitrogen and oxygen atoms in total. The molecule has 0 unspecified atom stereocenters. The summed E-state index contributed by atoms with van der Waals surface area (Å²) in [6, 6.07) is 10.4. The van der Waals surface area contributed by atoms with Crippen molar-refractivity contribution in [3.8, 4) is 22.8 Å². The first kappa shape index (κ1) is 23.9. The molecule has 3 aromatic rings. The first-order chi connectivity index (χ1) is 16.0. The van der Waals surface area contributed by atoms with E-state index in [9.17, 15) is 23.1 Å². The van der Waals surface area contributed by atoms with Gasteiger partial charge in [0.25, 0.3) is 0 Å². The van der Waals surface area contributed by atoms with Crippen LogP contribution >= 0.6 is 11.6 Å². The molecule has 0 bridgehead atoms. The lowest BCUT2D eigenvalue weighted by Gasteiger charge is -2.27. The maximum absolute atomic E-state index is 12.5. The highest BCUT2D eigenvalue weighted by Gasteiger charge is 2.41. The highest BCUT2D eigenvalue weighted by Crippen LogP contribution is 2.40. The number of nitrogens with one attached hydrogen (secondary N) is 1. The molecule has 180 valence electrons. The van der Waals surface area contributed by atoms with Crippen molar-refractivity contribution in [3.05, 3.63) is 58.2 Å². The number of esters is 1. The van der Waals surface area contributed by atoms with E-state index < -0.39 is 23.6 Å². The highest BCUT2D eigenvalue weighted by molar-refractivity contribution is 6.32. The Labute approximate surface area is 198 Å². The molecule has 0 radical (unpaired) electrons. The Morgan fingerprint density at radius 2 is 1.97 bits per heavy atom. The minimum Gasteiger partial charge on any atom is -0.507 e. The summed E-state index contributed by atoms with van der Waals surface area (Å²) in [6.07, 6.45) is -4.47. The van der Waals surface area contributed by atoms with E-state index in [1.807, 2.05) is 19.0 Å². The molecular weight excluding hydrogens is 473 g/mol. The maximum Gasteiger partial charge on any atom is 0.491 e. The monoisotopic (exact) mass is 494 g/mol. The number of anilines is 1. The second-order valence-corrected chi connectivity index (χ2v) is 8.65. The largest absolute Gasteiger partial charge is 0.507 e. The van der Waals surface area contributed by atoms with Gasteiger partial charge in [-0.15, -0.1) is 0 Å². The van der Waals surface area contributed by atoms with Gasteiger partial charge in [-0.2, -0.15) is 18.3 Å². The quantitative estimate of drug-likeness (QED) is 0.401. The van der Waals surface area contributed by atoms with Gasteiger partial charge in [0.2, 0.25) is 0 Å². The predicted octanol–water partition coefficient (Wildman–Crippen LogP) is 4.53. The number of halogens is 4. The summed E-state index contributed by atoms with van der Waals surface area (Å²) >= 11 is 6.06. The Morgan fingerprint density at radius 1 is 1.26 bits per heavy atom. The summed E-state index contributed by atoms with van der Waals surface area (Å²) < 4.78 is 41.8. The standard InChI is InChI=1S/C23H22ClF3N4O3/c1-30(2)14-5-3-13(4-6-14)11-31-8-7-18-16(12-31)21(29-28-18)15-9-17(24)20(10-19(15)32)34-22(33)23(25,26)27/h3-6,9-10,32H,7-8,11-12H2,1-2H3,(H,28,29). The van der Waals surface area contributed by atoms with E-state index in [0.29, 0.717) is 18.7 Å². The van der Waals surface area contributed by atoms with Crippen molar-refractivity contribution in [2.24, 2.45) is 0 Å². The van der Waals surface area contributed by atoms with E-state index in [1.165, 1.54) is 6.07 Å². The zero-order valence-electron chi connectivity index (χ0n) is 18.4. The Balaban J connectivity index is 1.55. The van der Waals surface area contributed by atoms with Crippen LogP contribution in [0.25, 0.3) is 11.3 Å². The van der Waals surface area contributed by atoms with E-state index in [0.717, 1.165) is 41.7 Å². The fourth-order valence-corrected chi connectivity index (χ4v) is 4.04. The van der Waals surface area contributed by atoms with Gasteiger partial charge in [0.05, 0.1) is 5.02 Å². The molecule has 0 fully saturated rings. The number of phenols is 1. The van der Waals surface area contributed by atoms with E-state index in [4.69, 9.17) is 11.6 Å². The van der Waals surface area contributed by atoms with Crippen LogP contribution in [0.5, 0.6) is 11.5 Å². The number of hydrogen-bond donors (Lipinski definition) is 2. The van der Waals surface area contributed by atoms with Gasteiger partial charge < -0.3 is 14.7 Å². The molecular formula is C23H22ClF3N4O3. The van der Waals surface area contributed by atoms with Crippen LogP contribution in [0.15, 0.2) is 36.4 Å². The lowest BCUT2D eigenvalue weighted by Crippen LogP contribution is -2.30. The van der Waals surface area contributed by atoms with Crippen LogP contribution in [0, 0.1) is 0 Å². The number of carbonyl (C=O) groups is 1. The van der Waals surface area contributed by atoms with Crippen LogP contribution < -0.4 is 9.64 Å². The normalized spacial score (nSPS) is 14.1. The molecule has 2 heterocycles. The molecule has 0 amide bonds. The van der Waals surface area contributed by atoms with Gasteiger partial charge >= 0.3 is 12.1 Å². The van der Waals surface area contributed by atoms with Crippen molar-refractivity contribution in [1.29, 1.82) is 0 Å². The molecule has 0 saturated carbocycles. The van der Waals surface area contributed by atoms with Crippen molar-refractivity contribution in [2.75, 3.05) is 25.5 Å². The Morgan fingerprint density at radius 3 is 2.62 bits per heavy atom. The third kappa shape index (κ3) is 4.97. The number of carbonyl (C=O) groups excluding carboxylic acids is 1. The molecule has 2 aromatic carbocycles. The van der Waals surface area contributed by atoms with Gasteiger partial charge in [0, 0.05) is 68.7 Å². The molecule has 0 aliphatic carbocycles. The number of rotatable bonds is 5. The fraction of sp³-hybridized carbons (Fsp3) is 0.304. The highest BCUT2D eigenvalue weighted by atomic mass is 35.5. The number of phenolic OH excluding ortho intramolecular Hbond substituents is 1. The number of aromatic nitrogens is 2. The Hall–Kier alpha value is -3.24. The Bertz CT molecular complexity index is 1210. The van der Waals surface area contributed by atoms with Gasteiger partial charge in [-0.25, -0.2) is 4.79 Å². The van der Waals surface area contributed by atoms with Crippen LogP contribution in [0.4, 0.5) is 18.9 Å². The third-order valence-corrected chi connectivity index (χ3v) is 5.91. The second-order valence-electron chi connectivity index (χ2n) is 8.24. The number of ether oxygens (including phenoxy) is 1. The minimum absolute atomic E-state index is 0.228. The Kier molecular flexibility index (Phi) is 6.46. The van der Waals surface area contributed by atoms with E-state index in [1.54, 1.807) is 0 Å². The van der Waals surface area contributed by atoms with Gasteiger partial charge in [-0.3, -0.25) is 10.00 Å². The topological polar surface area (TPSA) is 81.7 Å². The predicted molar refractivity (Wildman–Crippen MR) is 121 cm³/mol. The van der Waals surface area contributed by atoms with Crippen molar-refractivity contribution in [3.63, 3.8) is 0 Å². The van der Waals surface area contributed by atoms with Crippen molar-refractivity contribution >= 4 is 23.3 Å². The number of fused-ring (bicyclic) bond motifs is 1. The average Bonchev–Trinajstić information content (AvgIpc) is 3.18. The lowest BCUT2D eigenvalue weighted by molar-refractivity contribution is -0.189. The van der Waals surface area contributed by atoms with Crippen LogP contribution in [0.3, 0.4) is 0 Å². The third-order valence-electron chi connectivity index (χ3n) is 5.61. The molecule has 0 atom stereocenters. The molecule has 0 spiro atoms. The molecule has 4 rings (SSSR count). The smallest absolute Gasteiger partial charge is 0.491 e. The molecule has 0 saturated heterocycles. The van der Waals surface area contributed by atoms with Gasteiger partial charge in [0.15, 0.2) is 5.75 Å². The van der Waals surface area contributed by atoms with Crippen LogP contribution in [-0.4, -0.2) is 53.0 Å². The molecule has 2 N–H and O–H groups in total. The first-order valence-electron chi connectivity index (χ1n) is 10.4. The summed E-state index contributed by atoms with van der Waals surface area (Å²) in [7, 11) is 3.96. The van der Waals surface area contributed by atoms with Gasteiger partial charge in [-0.1, -0.05) is 23.7 Å². The SMILES string of the molecule is CN(C)c1ccc(CN2CCc3[nH]nc(-c4cc(Cl)c(OC(=O)C(F)(F)F)cc4O)c3C2)cc1. The zero-order chi connectivity index (χ0) is 24.6. The second kappa shape index (κ2) is 9.19. The number of hydrogen-bond acceptors (Lipinski definition) is 6. The molecule has 1 aliphatic rings. The van der Waals surface area contributed by atoms with Gasteiger partial charge in [-0.05, 0) is 23.8 Å². The summed E-state index contributed by atoms with van der Waals surface area (Å²) in [5, 5.41) is 17.5. The fourth-order valence-electron chi connectivity index (χ4n) is 3.83. The number of aromatic amines is 1. The van der Waals surface area contributed by atoms with E-state index >= 15 is 0 Å². The average molecular weight is 495 g/mol. The van der Waals surface area contributed by atoms with E-state index in [-0.39, 0.29) is 10.6 Å². The first-order valence-corrected chi connectivity index (χ1v) is 10.8. The number of aromatic hydroxyl groups is 1. The summed E-state index contributed by atoms with van der Waals surface area (Å²) in [6.45, 7) is 2.08. The summed E-state index contributed by atoms with van der Waals surface area (Å²) in [5.74, 6) is -3.41. The molecule has 1 aliphatic heterocycles. The number of nitrogens with zero attached hydrogens (tertiary/aromatic N) is 3. The molecule has 11 heteroatoms. The van der Waals surface area contributed by atoms with Crippen LogP contribution in [0.2, 0.25) is 5.02 Å². The maximum atomic E-state index is 12.5. The minimum atomic E-state index is -5.19. The van der Waals surface area contributed by atoms with Crippen LogP contribution in [0.1, 0.15) is 16.8 Å². The summed E-state index contributed by atoms with van der Waals surface area (Å²) in [5.41, 5.74) is 4.71.